The van der Waals surface area contributed by atoms with E-state index in [0.29, 0.717) is 0 Å². The van der Waals surface area contributed by atoms with E-state index in [2.05, 4.69) is 187 Å². The number of carbonyl (C=O) groups excluding carboxylic acids is 3. The van der Waals surface area contributed by atoms with Gasteiger partial charge in [-0.3, -0.25) is 29.3 Å². The Kier molecular flexibility index (Phi) is 48.7. The van der Waals surface area contributed by atoms with Crippen molar-refractivity contribution in [3.8, 4) is 33.8 Å². The first-order valence-electron chi connectivity index (χ1n) is 45.4. The smallest absolute Gasteiger partial charge is 0.162 e. The molecule has 0 aliphatic heterocycles. The van der Waals surface area contributed by atoms with Gasteiger partial charge in [-0.25, -0.2) is 0 Å². The molecule has 0 unspecified atom stereocenters. The number of rotatable bonds is 30. The summed E-state index contributed by atoms with van der Waals surface area (Å²) in [4.78, 5) is 49.9. The van der Waals surface area contributed by atoms with E-state index in [9.17, 15) is 29.7 Å². The minimum Gasteiger partial charge on any atom is -0.512 e. The standard InChI is InChI=1S/C24H26N.C23H24N.C22H22N.3C13H24O2.3Ir/c1-17-13-18(2)15-21(14-17)23-12-11-22-20(9-6-10-24(22)25-23)16-19-7-4-3-5-8-19;1-16-12-17(2)14-20(13-16)22-11-10-21-19(8-5-9-23(21)24-22)15-18-6-3-4-7-18;1-15-11-16(2)13-19(12-15)21-10-9-20-18(14-17-5-3-6-17)7-4-8-22(20)23-21;3*1-5-10(6-2)12(14)9-13(15)11(7-3)8-4;;;/h6,9-14,19H,3-5,7-8,16H2,1-2H3;5,8-13,18H,3-4,6-7,15H2,1-2H3;4,7-12,17H,3,5-6,14H2,1-2H3;3*9-11,14H,5-8H2,1-4H3;;;/q3*-1;;;;;;. The molecule has 0 atom stereocenters. The van der Waals surface area contributed by atoms with Gasteiger partial charge < -0.3 is 15.3 Å². The third-order valence-electron chi connectivity index (χ3n) is 24.9. The van der Waals surface area contributed by atoms with E-state index >= 15 is 0 Å². The molecule has 0 amide bonds. The molecule has 3 saturated carbocycles. The summed E-state index contributed by atoms with van der Waals surface area (Å²) in [6.07, 6.45) is 35.1. The van der Waals surface area contributed by atoms with Crippen molar-refractivity contribution < 1.29 is 90.0 Å². The maximum absolute atomic E-state index is 11.7. The first kappa shape index (κ1) is 105. The van der Waals surface area contributed by atoms with Crippen molar-refractivity contribution >= 4 is 50.1 Å². The number of allylic oxidation sites excluding steroid dienone is 6. The topological polar surface area (TPSA) is 151 Å². The molecule has 0 bridgehead atoms. The summed E-state index contributed by atoms with van der Waals surface area (Å²) < 4.78 is 0. The van der Waals surface area contributed by atoms with E-state index < -0.39 is 0 Å². The van der Waals surface area contributed by atoms with Crippen LogP contribution < -0.4 is 0 Å². The number of pyridine rings is 3. The molecule has 657 valence electrons. The second-order valence-corrected chi connectivity index (χ2v) is 33.9. The Morgan fingerprint density at radius 3 is 0.775 bits per heavy atom. The zero-order chi connectivity index (χ0) is 85.1. The number of aliphatic hydroxyl groups is 3. The summed E-state index contributed by atoms with van der Waals surface area (Å²) in [5.74, 6) is 4.24. The second kappa shape index (κ2) is 55.4. The number of hydrogen-bond acceptors (Lipinski definition) is 9. The summed E-state index contributed by atoms with van der Waals surface area (Å²) in [5, 5.41) is 33.2. The van der Waals surface area contributed by atoms with E-state index in [1.807, 2.05) is 83.1 Å². The summed E-state index contributed by atoms with van der Waals surface area (Å²) in [6.45, 7) is 36.9. The molecule has 3 N–H and O–H groups in total. The average Bonchev–Trinajstić information content (AvgIpc) is 0.852. The average molecular weight is 2160 g/mol. The van der Waals surface area contributed by atoms with Gasteiger partial charge in [0.05, 0.1) is 33.8 Å². The van der Waals surface area contributed by atoms with Crippen LogP contribution in [0, 0.1) is 113 Å². The molecule has 0 saturated heterocycles. The number of fused-ring (bicyclic) bond motifs is 3. The number of ketones is 3. The van der Waals surface area contributed by atoms with E-state index in [-0.39, 0.29) is 130 Å². The van der Waals surface area contributed by atoms with Crippen molar-refractivity contribution in [2.24, 2.45) is 53.3 Å². The maximum atomic E-state index is 11.7. The SMILES string of the molecule is CCC(CC)C(=O)C=C(O)C(CC)CC.CCC(CC)C(=O)C=C(O)C(CC)CC.CCC(CC)C(=O)C=C(O)C(CC)CC.Cc1[c-]c(-c2ccc3c(CC4CCC4)cccc3n2)cc(C)c1.Cc1[c-]c(-c2ccc3c(CC4CCCC4)cccc3n2)cc(C)c1.Cc1[c-]c(-c2ccc3c(CC4CCCCC4)cccc3n2)cc(C)c1.[Ir].[Ir].[Ir]. The number of benzene rings is 6. The minimum atomic E-state index is 0. The van der Waals surface area contributed by atoms with Crippen LogP contribution >= 0.6 is 0 Å². The predicted octanol–water partition coefficient (Wildman–Crippen LogP) is 29.8. The van der Waals surface area contributed by atoms with Crippen LogP contribution in [0.2, 0.25) is 0 Å². The molecule has 3 aliphatic rings. The molecule has 3 radical (unpaired) electrons. The molecular formula is C108H144Ir3N3O6-3. The number of aryl methyl sites for hydroxylation is 6. The van der Waals surface area contributed by atoms with Crippen LogP contribution in [0.1, 0.15) is 287 Å². The zero-order valence-corrected chi connectivity index (χ0v) is 83.2. The summed E-state index contributed by atoms with van der Waals surface area (Å²) >= 11 is 0. The largest absolute Gasteiger partial charge is 0.512 e. The van der Waals surface area contributed by atoms with Gasteiger partial charge in [-0.15, -0.1) is 105 Å². The minimum absolute atomic E-state index is 0. The summed E-state index contributed by atoms with van der Waals surface area (Å²) in [5.41, 5.74) is 21.3. The van der Waals surface area contributed by atoms with Gasteiger partial charge in [-0.05, 0) is 166 Å². The van der Waals surface area contributed by atoms with Crippen LogP contribution in [-0.2, 0) is 94.0 Å². The van der Waals surface area contributed by atoms with Crippen molar-refractivity contribution in [3.05, 3.63) is 231 Å². The molecule has 12 rings (SSSR count). The number of carbonyl (C=O) groups is 3. The fourth-order valence-electron chi connectivity index (χ4n) is 17.3. The van der Waals surface area contributed by atoms with Crippen molar-refractivity contribution in [2.45, 2.75) is 298 Å². The Bertz CT molecular complexity index is 4520. The van der Waals surface area contributed by atoms with Gasteiger partial charge in [0, 0.05) is 130 Å². The third kappa shape index (κ3) is 32.7. The van der Waals surface area contributed by atoms with Crippen molar-refractivity contribution in [1.29, 1.82) is 0 Å². The van der Waals surface area contributed by atoms with Crippen LogP contribution in [0.25, 0.3) is 66.5 Å². The monoisotopic (exact) mass is 2160 g/mol. The fourth-order valence-corrected chi connectivity index (χ4v) is 17.3. The van der Waals surface area contributed by atoms with Crippen LogP contribution in [-0.4, -0.2) is 47.6 Å². The molecule has 3 heterocycles. The quantitative estimate of drug-likeness (QED) is 0.0227. The van der Waals surface area contributed by atoms with Gasteiger partial charge in [0.1, 0.15) is 0 Å². The molecule has 9 aromatic rings. The molecule has 3 aromatic heterocycles. The van der Waals surface area contributed by atoms with Gasteiger partial charge in [0.15, 0.2) is 17.3 Å². The molecular weight excluding hydrogens is 2010 g/mol. The molecule has 9 nitrogen and oxygen atoms in total. The zero-order valence-electron chi connectivity index (χ0n) is 76.1. The normalized spacial score (nSPS) is 13.8. The maximum Gasteiger partial charge on any atom is 0.162 e. The molecule has 12 heteroatoms. The van der Waals surface area contributed by atoms with Crippen LogP contribution in [0.15, 0.2) is 163 Å². The van der Waals surface area contributed by atoms with Gasteiger partial charge in [-0.2, -0.15) is 0 Å². The van der Waals surface area contributed by atoms with E-state index in [1.165, 1.54) is 181 Å². The Balaban J connectivity index is 0.000000306. The van der Waals surface area contributed by atoms with Gasteiger partial charge >= 0.3 is 0 Å². The van der Waals surface area contributed by atoms with Crippen molar-refractivity contribution in [3.63, 3.8) is 0 Å². The Labute approximate surface area is 765 Å². The first-order chi connectivity index (χ1) is 56.4. The molecule has 3 fully saturated rings. The third-order valence-corrected chi connectivity index (χ3v) is 24.9. The summed E-state index contributed by atoms with van der Waals surface area (Å²) in [6, 6.07) is 56.3. The first-order valence-corrected chi connectivity index (χ1v) is 45.4. The number of nitrogens with zero attached hydrogens (tertiary/aromatic N) is 3. The number of aliphatic hydroxyl groups excluding tert-OH is 3. The molecule has 3 aliphatic carbocycles. The van der Waals surface area contributed by atoms with E-state index in [0.717, 1.165) is 145 Å². The second-order valence-electron chi connectivity index (χ2n) is 33.9. The Morgan fingerprint density at radius 2 is 0.558 bits per heavy atom. The van der Waals surface area contributed by atoms with Gasteiger partial charge in [-0.1, -0.05) is 274 Å². The van der Waals surface area contributed by atoms with Crippen molar-refractivity contribution in [1.82, 2.24) is 15.0 Å². The Hall–Kier alpha value is -6.87. The Morgan fingerprint density at radius 1 is 0.325 bits per heavy atom. The molecule has 0 spiro atoms. The molecule has 120 heavy (non-hydrogen) atoms. The molecule has 6 aromatic carbocycles. The summed E-state index contributed by atoms with van der Waals surface area (Å²) in [7, 11) is 0. The number of hydrogen-bond donors (Lipinski definition) is 3. The van der Waals surface area contributed by atoms with Crippen LogP contribution in [0.4, 0.5) is 0 Å². The number of aromatic nitrogens is 3. The van der Waals surface area contributed by atoms with E-state index in [4.69, 9.17) is 15.0 Å². The van der Waals surface area contributed by atoms with Crippen LogP contribution in [0.5, 0.6) is 0 Å². The van der Waals surface area contributed by atoms with Crippen LogP contribution in [0.3, 0.4) is 0 Å². The van der Waals surface area contributed by atoms with Crippen molar-refractivity contribution in [2.75, 3.05) is 0 Å². The fraction of sp³-hybridized carbons (Fsp3) is 0.500. The predicted molar refractivity (Wildman–Crippen MR) is 495 cm³/mol. The van der Waals surface area contributed by atoms with E-state index in [1.54, 1.807) is 0 Å². The van der Waals surface area contributed by atoms with Gasteiger partial charge in [0.25, 0.3) is 0 Å². The van der Waals surface area contributed by atoms with Gasteiger partial charge in [0.2, 0.25) is 0 Å².